The van der Waals surface area contributed by atoms with Gasteiger partial charge >= 0.3 is 0 Å². The van der Waals surface area contributed by atoms with Gasteiger partial charge in [0.1, 0.15) is 5.76 Å². The summed E-state index contributed by atoms with van der Waals surface area (Å²) in [4.78, 5) is 14.0. The Kier molecular flexibility index (Phi) is 6.57. The molecule has 126 valence electrons. The fraction of sp³-hybridized carbons (Fsp3) is 0.222. The Bertz CT molecular complexity index is 690. The van der Waals surface area contributed by atoms with Crippen LogP contribution in [0.15, 0.2) is 53.2 Å². The van der Waals surface area contributed by atoms with Crippen molar-refractivity contribution in [1.29, 1.82) is 0 Å². The van der Waals surface area contributed by atoms with E-state index in [1.165, 1.54) is 6.08 Å². The summed E-state index contributed by atoms with van der Waals surface area (Å²) in [7, 11) is 0. The van der Waals surface area contributed by atoms with Crippen LogP contribution in [-0.4, -0.2) is 24.1 Å². The van der Waals surface area contributed by atoms with Gasteiger partial charge in [-0.2, -0.15) is 0 Å². The van der Waals surface area contributed by atoms with Crippen LogP contribution < -0.4 is 15.5 Å². The van der Waals surface area contributed by atoms with Crippen LogP contribution in [-0.2, 0) is 4.79 Å². The summed E-state index contributed by atoms with van der Waals surface area (Å²) in [5.41, 5.74) is 1.98. The smallest absolute Gasteiger partial charge is 0.250 e. The second-order valence-electron chi connectivity index (χ2n) is 5.01. The molecule has 0 saturated heterocycles. The van der Waals surface area contributed by atoms with Crippen LogP contribution >= 0.6 is 12.2 Å². The monoisotopic (exact) mass is 343 g/mol. The van der Waals surface area contributed by atoms with Crippen LogP contribution in [0.3, 0.4) is 0 Å². The molecule has 0 radical (unpaired) electrons. The maximum Gasteiger partial charge on any atom is 0.250 e. The third-order valence-electron chi connectivity index (χ3n) is 3.43. The summed E-state index contributed by atoms with van der Waals surface area (Å²) in [6.45, 7) is 6.16. The lowest BCUT2D eigenvalue weighted by atomic mass is 10.2. The third kappa shape index (κ3) is 5.24. The molecule has 2 rings (SSSR count). The van der Waals surface area contributed by atoms with E-state index < -0.39 is 0 Å². The highest BCUT2D eigenvalue weighted by Gasteiger charge is 2.04. The molecule has 1 heterocycles. The van der Waals surface area contributed by atoms with E-state index in [1.807, 2.05) is 24.3 Å². The summed E-state index contributed by atoms with van der Waals surface area (Å²) < 4.78 is 5.11. The first-order chi connectivity index (χ1) is 11.6. The second kappa shape index (κ2) is 8.88. The van der Waals surface area contributed by atoms with E-state index in [-0.39, 0.29) is 11.0 Å². The zero-order chi connectivity index (χ0) is 17.4. The van der Waals surface area contributed by atoms with Crippen LogP contribution in [0.2, 0.25) is 0 Å². The van der Waals surface area contributed by atoms with Gasteiger partial charge in [-0.1, -0.05) is 0 Å². The molecule has 6 heteroatoms. The lowest BCUT2D eigenvalue weighted by Crippen LogP contribution is -2.32. The van der Waals surface area contributed by atoms with Crippen molar-refractivity contribution in [3.63, 3.8) is 0 Å². The van der Waals surface area contributed by atoms with Crippen molar-refractivity contribution in [2.45, 2.75) is 13.8 Å². The molecular weight excluding hydrogens is 322 g/mol. The van der Waals surface area contributed by atoms with E-state index in [9.17, 15) is 4.79 Å². The van der Waals surface area contributed by atoms with Gasteiger partial charge in [-0.25, -0.2) is 0 Å². The zero-order valence-electron chi connectivity index (χ0n) is 13.8. The van der Waals surface area contributed by atoms with Gasteiger partial charge in [-0.15, -0.1) is 0 Å². The highest BCUT2D eigenvalue weighted by Crippen LogP contribution is 2.17. The van der Waals surface area contributed by atoms with Crippen molar-refractivity contribution in [1.82, 2.24) is 5.32 Å². The van der Waals surface area contributed by atoms with E-state index >= 15 is 0 Å². The van der Waals surface area contributed by atoms with Crippen molar-refractivity contribution in [2.75, 3.05) is 23.3 Å². The summed E-state index contributed by atoms with van der Waals surface area (Å²) in [6, 6.07) is 11.4. The Morgan fingerprint density at radius 1 is 1.21 bits per heavy atom. The van der Waals surface area contributed by atoms with Gasteiger partial charge in [-0.3, -0.25) is 10.1 Å². The number of hydrogen-bond donors (Lipinski definition) is 2. The van der Waals surface area contributed by atoms with Crippen LogP contribution in [0.25, 0.3) is 6.08 Å². The van der Waals surface area contributed by atoms with Crippen molar-refractivity contribution in [2.24, 2.45) is 0 Å². The van der Waals surface area contributed by atoms with E-state index in [4.69, 9.17) is 16.6 Å². The normalized spacial score (nSPS) is 10.6. The number of thiocarbonyl (C=S) groups is 1. The lowest BCUT2D eigenvalue weighted by Gasteiger charge is -2.21. The molecular formula is C18H21N3O2S. The number of carbonyl (C=O) groups excluding carboxylic acids is 1. The standard InChI is InChI=1S/C18H21N3O2S/c1-3-21(4-2)15-9-7-14(8-10-15)19-18(24)20-17(22)12-11-16-6-5-13-23-16/h5-13H,3-4H2,1-2H3,(H2,19,20,22,24)/b12-11+. The largest absolute Gasteiger partial charge is 0.465 e. The molecule has 2 aromatic rings. The highest BCUT2D eigenvalue weighted by atomic mass is 32.1. The number of nitrogens with one attached hydrogen (secondary N) is 2. The van der Waals surface area contributed by atoms with Gasteiger partial charge in [0, 0.05) is 30.5 Å². The third-order valence-corrected chi connectivity index (χ3v) is 3.64. The minimum absolute atomic E-state index is 0.250. The Morgan fingerprint density at radius 2 is 1.92 bits per heavy atom. The van der Waals surface area contributed by atoms with Crippen LogP contribution in [0.5, 0.6) is 0 Å². The molecule has 5 nitrogen and oxygen atoms in total. The lowest BCUT2D eigenvalue weighted by molar-refractivity contribution is -0.115. The summed E-state index contributed by atoms with van der Waals surface area (Å²) in [5, 5.41) is 5.83. The first-order valence-corrected chi connectivity index (χ1v) is 8.21. The number of anilines is 2. The van der Waals surface area contributed by atoms with E-state index in [0.29, 0.717) is 5.76 Å². The summed E-state index contributed by atoms with van der Waals surface area (Å²) in [6.07, 6.45) is 4.50. The molecule has 1 amide bonds. The molecule has 2 N–H and O–H groups in total. The van der Waals surface area contributed by atoms with Gasteiger partial charge in [0.25, 0.3) is 0 Å². The number of benzene rings is 1. The molecule has 0 atom stereocenters. The van der Waals surface area contributed by atoms with Crippen molar-refractivity contribution in [3.8, 4) is 0 Å². The van der Waals surface area contributed by atoms with Crippen LogP contribution in [0.1, 0.15) is 19.6 Å². The van der Waals surface area contributed by atoms with Gasteiger partial charge in [0.05, 0.1) is 6.26 Å². The van der Waals surface area contributed by atoms with Crippen LogP contribution in [0.4, 0.5) is 11.4 Å². The molecule has 0 aliphatic carbocycles. The fourth-order valence-corrected chi connectivity index (χ4v) is 2.42. The molecule has 1 aromatic carbocycles. The summed E-state index contributed by atoms with van der Waals surface area (Å²) in [5.74, 6) is 0.291. The Hall–Kier alpha value is -2.60. The van der Waals surface area contributed by atoms with Gasteiger partial charge in [-0.05, 0) is 68.5 Å². The number of nitrogens with zero attached hydrogens (tertiary/aromatic N) is 1. The van der Waals surface area contributed by atoms with E-state index in [1.54, 1.807) is 24.5 Å². The minimum Gasteiger partial charge on any atom is -0.465 e. The SMILES string of the molecule is CCN(CC)c1ccc(NC(=S)NC(=O)/C=C/c2ccco2)cc1. The predicted octanol–water partition coefficient (Wildman–Crippen LogP) is 3.65. The maximum absolute atomic E-state index is 11.8. The molecule has 0 aliphatic rings. The average molecular weight is 343 g/mol. The minimum atomic E-state index is -0.316. The Balaban J connectivity index is 1.86. The number of carbonyl (C=O) groups is 1. The average Bonchev–Trinajstić information content (AvgIpc) is 3.09. The van der Waals surface area contributed by atoms with Crippen LogP contribution in [0, 0.1) is 0 Å². The molecule has 0 saturated carbocycles. The van der Waals surface area contributed by atoms with E-state index in [0.717, 1.165) is 24.5 Å². The van der Waals surface area contributed by atoms with Crippen molar-refractivity contribution >= 4 is 40.7 Å². The number of rotatable bonds is 6. The maximum atomic E-state index is 11.8. The van der Waals surface area contributed by atoms with E-state index in [2.05, 4.69) is 29.4 Å². The zero-order valence-corrected chi connectivity index (χ0v) is 14.6. The Labute approximate surface area is 147 Å². The molecule has 1 aromatic heterocycles. The van der Waals surface area contributed by atoms with Crippen molar-refractivity contribution in [3.05, 3.63) is 54.5 Å². The van der Waals surface area contributed by atoms with Gasteiger partial charge in [0.15, 0.2) is 5.11 Å². The molecule has 0 spiro atoms. The quantitative estimate of drug-likeness (QED) is 0.619. The van der Waals surface area contributed by atoms with Crippen molar-refractivity contribution < 1.29 is 9.21 Å². The molecule has 0 fully saturated rings. The molecule has 24 heavy (non-hydrogen) atoms. The second-order valence-corrected chi connectivity index (χ2v) is 5.42. The fourth-order valence-electron chi connectivity index (χ4n) is 2.20. The Morgan fingerprint density at radius 3 is 2.50 bits per heavy atom. The van der Waals surface area contributed by atoms with Gasteiger partial charge in [0.2, 0.25) is 5.91 Å². The first-order valence-electron chi connectivity index (χ1n) is 7.81. The topological polar surface area (TPSA) is 57.5 Å². The number of furan rings is 1. The predicted molar refractivity (Wildman–Crippen MR) is 102 cm³/mol. The van der Waals surface area contributed by atoms with Gasteiger partial charge < -0.3 is 14.6 Å². The summed E-state index contributed by atoms with van der Waals surface area (Å²) >= 11 is 5.15. The molecule has 0 bridgehead atoms. The molecule has 0 aliphatic heterocycles. The number of amides is 1. The number of hydrogen-bond acceptors (Lipinski definition) is 4. The first kappa shape index (κ1) is 17.7. The molecule has 0 unspecified atom stereocenters. The highest BCUT2D eigenvalue weighted by molar-refractivity contribution is 7.80.